The van der Waals surface area contributed by atoms with Crippen LogP contribution in [0.2, 0.25) is 5.02 Å². The average molecular weight is 510 g/mol. The molecule has 0 N–H and O–H groups in total. The van der Waals surface area contributed by atoms with Crippen LogP contribution in [0.15, 0.2) is 76.0 Å². The molecule has 0 aliphatic heterocycles. The molecule has 0 atom stereocenters. The molecule has 5 nitrogen and oxygen atoms in total. The first kappa shape index (κ1) is 22.0. The second-order valence-corrected chi connectivity index (χ2v) is 8.22. The van der Waals surface area contributed by atoms with Crippen LogP contribution in [-0.4, -0.2) is 22.1 Å². The minimum Gasteiger partial charge on any atom is -0.462 e. The van der Waals surface area contributed by atoms with Gasteiger partial charge in [-0.2, -0.15) is 0 Å². The van der Waals surface area contributed by atoms with Crippen LogP contribution in [0.1, 0.15) is 28.7 Å². The molecular formula is C25H18BrClN2O3. The molecule has 0 spiro atoms. The SMILES string of the molecule is CCOC(=O)c1ccc(-n2c(/C=C/c3ccccc3Cl)nc3ccc(Br)cc3c2=O)cc1. The number of fused-ring (bicyclic) bond motifs is 1. The van der Waals surface area contributed by atoms with Crippen molar-refractivity contribution >= 4 is 56.6 Å². The smallest absolute Gasteiger partial charge is 0.338 e. The number of hydrogen-bond acceptors (Lipinski definition) is 4. The number of nitrogens with zero attached hydrogens (tertiary/aromatic N) is 2. The predicted octanol–water partition coefficient (Wildman–Crippen LogP) is 6.15. The third kappa shape index (κ3) is 4.52. The fourth-order valence-electron chi connectivity index (χ4n) is 3.27. The first-order valence-electron chi connectivity index (χ1n) is 9.90. The largest absolute Gasteiger partial charge is 0.462 e. The molecule has 4 aromatic rings. The molecule has 3 aromatic carbocycles. The van der Waals surface area contributed by atoms with E-state index in [1.165, 1.54) is 4.57 Å². The number of rotatable bonds is 5. The molecule has 32 heavy (non-hydrogen) atoms. The van der Waals surface area contributed by atoms with E-state index in [9.17, 15) is 9.59 Å². The van der Waals surface area contributed by atoms with Crippen molar-refractivity contribution < 1.29 is 9.53 Å². The van der Waals surface area contributed by atoms with Gasteiger partial charge in [0.05, 0.1) is 28.8 Å². The zero-order chi connectivity index (χ0) is 22.7. The first-order chi connectivity index (χ1) is 15.5. The van der Waals surface area contributed by atoms with E-state index in [0.29, 0.717) is 39.6 Å². The molecule has 0 aliphatic rings. The van der Waals surface area contributed by atoms with Crippen molar-refractivity contribution in [1.29, 1.82) is 0 Å². The van der Waals surface area contributed by atoms with Crippen molar-refractivity contribution in [1.82, 2.24) is 9.55 Å². The van der Waals surface area contributed by atoms with Gasteiger partial charge in [0.25, 0.3) is 5.56 Å². The minimum absolute atomic E-state index is 0.223. The van der Waals surface area contributed by atoms with E-state index in [-0.39, 0.29) is 5.56 Å². The Hall–Kier alpha value is -3.22. The van der Waals surface area contributed by atoms with E-state index in [1.54, 1.807) is 55.5 Å². The van der Waals surface area contributed by atoms with E-state index < -0.39 is 5.97 Å². The lowest BCUT2D eigenvalue weighted by Gasteiger charge is -2.12. The molecule has 0 radical (unpaired) electrons. The van der Waals surface area contributed by atoms with E-state index in [2.05, 4.69) is 15.9 Å². The second-order valence-electron chi connectivity index (χ2n) is 6.89. The van der Waals surface area contributed by atoms with Crippen LogP contribution in [0.3, 0.4) is 0 Å². The Morgan fingerprint density at radius 3 is 2.56 bits per heavy atom. The lowest BCUT2D eigenvalue weighted by Crippen LogP contribution is -2.22. The van der Waals surface area contributed by atoms with Gasteiger partial charge in [0.15, 0.2) is 0 Å². The molecule has 7 heteroatoms. The van der Waals surface area contributed by atoms with E-state index in [4.69, 9.17) is 21.3 Å². The zero-order valence-corrected chi connectivity index (χ0v) is 19.4. The van der Waals surface area contributed by atoms with Crippen molar-refractivity contribution in [3.05, 3.63) is 104 Å². The third-order valence-electron chi connectivity index (χ3n) is 4.81. The fourth-order valence-corrected chi connectivity index (χ4v) is 3.83. The number of carbonyl (C=O) groups is 1. The summed E-state index contributed by atoms with van der Waals surface area (Å²) in [6.45, 7) is 2.04. The van der Waals surface area contributed by atoms with Gasteiger partial charge in [-0.25, -0.2) is 9.78 Å². The Balaban J connectivity index is 1.88. The summed E-state index contributed by atoms with van der Waals surface area (Å²) in [7, 11) is 0. The van der Waals surface area contributed by atoms with E-state index >= 15 is 0 Å². The Bertz CT molecular complexity index is 1390. The molecule has 1 heterocycles. The highest BCUT2D eigenvalue weighted by molar-refractivity contribution is 9.10. The first-order valence-corrected chi connectivity index (χ1v) is 11.1. The highest BCUT2D eigenvalue weighted by atomic mass is 79.9. The van der Waals surface area contributed by atoms with Crippen LogP contribution < -0.4 is 5.56 Å². The number of carbonyl (C=O) groups excluding carboxylic acids is 1. The number of aromatic nitrogens is 2. The molecule has 1 aromatic heterocycles. The Morgan fingerprint density at radius 1 is 1.09 bits per heavy atom. The van der Waals surface area contributed by atoms with Crippen molar-refractivity contribution in [2.24, 2.45) is 0 Å². The maximum Gasteiger partial charge on any atom is 0.338 e. The summed E-state index contributed by atoms with van der Waals surface area (Å²) in [5.74, 6) is 0.0272. The topological polar surface area (TPSA) is 61.2 Å². The van der Waals surface area contributed by atoms with Crippen molar-refractivity contribution in [2.75, 3.05) is 6.61 Å². The van der Waals surface area contributed by atoms with Gasteiger partial charge in [-0.05, 0) is 73.2 Å². The summed E-state index contributed by atoms with van der Waals surface area (Å²) < 4.78 is 7.34. The molecule has 4 rings (SSSR count). The molecule has 0 unspecified atom stereocenters. The summed E-state index contributed by atoms with van der Waals surface area (Å²) >= 11 is 9.69. The summed E-state index contributed by atoms with van der Waals surface area (Å²) in [6, 6.07) is 19.5. The number of esters is 1. The summed E-state index contributed by atoms with van der Waals surface area (Å²) in [5, 5.41) is 1.07. The molecule has 160 valence electrons. The van der Waals surface area contributed by atoms with Crippen LogP contribution in [0.5, 0.6) is 0 Å². The van der Waals surface area contributed by atoms with Crippen LogP contribution in [0, 0.1) is 0 Å². The molecule has 0 bridgehead atoms. The van der Waals surface area contributed by atoms with Crippen LogP contribution >= 0.6 is 27.5 Å². The lowest BCUT2D eigenvalue weighted by molar-refractivity contribution is 0.0526. The monoisotopic (exact) mass is 508 g/mol. The van der Waals surface area contributed by atoms with Gasteiger partial charge in [0.2, 0.25) is 0 Å². The average Bonchev–Trinajstić information content (AvgIpc) is 2.79. The molecule has 0 aliphatic carbocycles. The number of ether oxygens (including phenoxy) is 1. The maximum atomic E-state index is 13.5. The standard InChI is InChI=1S/C25H18BrClN2O3/c1-2-32-25(31)17-7-11-19(12-8-17)29-23(14-9-16-5-3-4-6-21(16)27)28-22-13-10-18(26)15-20(22)24(29)30/h3-15H,2H2,1H3/b14-9+. The maximum absolute atomic E-state index is 13.5. The lowest BCUT2D eigenvalue weighted by atomic mass is 10.1. The number of hydrogen-bond donors (Lipinski definition) is 0. The number of benzene rings is 3. The third-order valence-corrected chi connectivity index (χ3v) is 5.65. The molecule has 0 fully saturated rings. The highest BCUT2D eigenvalue weighted by Gasteiger charge is 2.13. The fraction of sp³-hybridized carbons (Fsp3) is 0.0800. The quantitative estimate of drug-likeness (QED) is 0.303. The summed E-state index contributed by atoms with van der Waals surface area (Å²) in [5.41, 5.74) is 2.16. The summed E-state index contributed by atoms with van der Waals surface area (Å²) in [4.78, 5) is 30.2. The Morgan fingerprint density at radius 2 is 1.84 bits per heavy atom. The second kappa shape index (κ2) is 9.51. The van der Waals surface area contributed by atoms with Crippen molar-refractivity contribution in [3.8, 4) is 5.69 Å². The zero-order valence-electron chi connectivity index (χ0n) is 17.1. The molecule has 0 saturated carbocycles. The molecular weight excluding hydrogens is 492 g/mol. The van der Waals surface area contributed by atoms with Gasteiger partial charge in [-0.3, -0.25) is 9.36 Å². The van der Waals surface area contributed by atoms with E-state index in [1.807, 2.05) is 30.3 Å². The number of halogens is 2. The highest BCUT2D eigenvalue weighted by Crippen LogP contribution is 2.21. The summed E-state index contributed by atoms with van der Waals surface area (Å²) in [6.07, 6.45) is 3.57. The molecule has 0 amide bonds. The predicted molar refractivity (Wildman–Crippen MR) is 131 cm³/mol. The van der Waals surface area contributed by atoms with Gasteiger partial charge < -0.3 is 4.74 Å². The van der Waals surface area contributed by atoms with Crippen LogP contribution in [-0.2, 0) is 4.74 Å². The van der Waals surface area contributed by atoms with Crippen LogP contribution in [0.4, 0.5) is 0 Å². The van der Waals surface area contributed by atoms with Gasteiger partial charge in [-0.15, -0.1) is 0 Å². The van der Waals surface area contributed by atoms with Crippen molar-refractivity contribution in [3.63, 3.8) is 0 Å². The van der Waals surface area contributed by atoms with Gasteiger partial charge in [0, 0.05) is 9.50 Å². The minimum atomic E-state index is -0.411. The Labute approximate surface area is 198 Å². The normalized spacial score (nSPS) is 11.2. The van der Waals surface area contributed by atoms with Crippen LogP contribution in [0.25, 0.3) is 28.7 Å². The van der Waals surface area contributed by atoms with E-state index in [0.717, 1.165) is 10.0 Å². The van der Waals surface area contributed by atoms with Crippen molar-refractivity contribution in [2.45, 2.75) is 6.92 Å². The van der Waals surface area contributed by atoms with Gasteiger partial charge in [0.1, 0.15) is 5.82 Å². The van der Waals surface area contributed by atoms with Gasteiger partial charge in [-0.1, -0.05) is 45.7 Å². The molecule has 0 saturated heterocycles. The Kier molecular flexibility index (Phi) is 6.53. The van der Waals surface area contributed by atoms with Gasteiger partial charge >= 0.3 is 5.97 Å².